The van der Waals surface area contributed by atoms with E-state index in [9.17, 15) is 4.79 Å². The number of carbonyl (C=O) groups excluding carboxylic acids is 1. The molecule has 0 radical (unpaired) electrons. The van der Waals surface area contributed by atoms with Gasteiger partial charge in [0.15, 0.2) is 0 Å². The number of hydrogen-bond donors (Lipinski definition) is 1. The minimum absolute atomic E-state index is 0.0123. The van der Waals surface area contributed by atoms with Gasteiger partial charge in [-0.3, -0.25) is 4.79 Å². The molecular formula is C22H25Cl2N3O. The first-order valence-electron chi connectivity index (χ1n) is 9.64. The van der Waals surface area contributed by atoms with Crippen LogP contribution in [0.25, 0.3) is 11.0 Å². The van der Waals surface area contributed by atoms with Crippen LogP contribution >= 0.6 is 23.2 Å². The Morgan fingerprint density at radius 1 is 1.07 bits per heavy atom. The lowest BCUT2D eigenvalue weighted by Gasteiger charge is -2.20. The Kier molecular flexibility index (Phi) is 6.63. The van der Waals surface area contributed by atoms with Crippen molar-refractivity contribution in [2.45, 2.75) is 46.2 Å². The van der Waals surface area contributed by atoms with Gasteiger partial charge in [0.05, 0.1) is 23.6 Å². The molecule has 0 bridgehead atoms. The Balaban J connectivity index is 2.01. The van der Waals surface area contributed by atoms with Gasteiger partial charge in [-0.15, -0.1) is 0 Å². The zero-order valence-electron chi connectivity index (χ0n) is 16.4. The minimum Gasteiger partial charge on any atom is -0.346 e. The molecule has 0 aliphatic rings. The SMILES string of the molecule is CCC(CC)C(=O)NC(C)c1nc2ccccc2n1Cc1c(Cl)cccc1Cl. The standard InChI is InChI=1S/C22H25Cl2N3O/c1-4-15(5-2)22(28)25-14(3)21-26-19-11-6-7-12-20(19)27(21)13-16-17(23)9-8-10-18(16)24/h6-12,14-15H,4-5,13H2,1-3H3,(H,25,28). The van der Waals surface area contributed by atoms with E-state index in [0.29, 0.717) is 16.6 Å². The fraction of sp³-hybridized carbons (Fsp3) is 0.364. The lowest BCUT2D eigenvalue weighted by atomic mass is 10.0. The summed E-state index contributed by atoms with van der Waals surface area (Å²) in [7, 11) is 0. The molecule has 0 aliphatic carbocycles. The third kappa shape index (κ3) is 4.18. The van der Waals surface area contributed by atoms with Crippen molar-refractivity contribution in [3.8, 4) is 0 Å². The van der Waals surface area contributed by atoms with E-state index in [4.69, 9.17) is 28.2 Å². The number of amides is 1. The zero-order chi connectivity index (χ0) is 20.3. The molecular weight excluding hydrogens is 393 g/mol. The van der Waals surface area contributed by atoms with Crippen molar-refractivity contribution in [2.75, 3.05) is 0 Å². The molecule has 0 saturated carbocycles. The highest BCUT2D eigenvalue weighted by Gasteiger charge is 2.22. The van der Waals surface area contributed by atoms with Crippen LogP contribution in [0.2, 0.25) is 10.0 Å². The molecule has 4 nitrogen and oxygen atoms in total. The van der Waals surface area contributed by atoms with Gasteiger partial charge in [0.2, 0.25) is 5.91 Å². The van der Waals surface area contributed by atoms with E-state index in [2.05, 4.69) is 9.88 Å². The van der Waals surface area contributed by atoms with Crippen molar-refractivity contribution in [3.63, 3.8) is 0 Å². The van der Waals surface area contributed by atoms with Gasteiger partial charge in [-0.2, -0.15) is 0 Å². The van der Waals surface area contributed by atoms with E-state index >= 15 is 0 Å². The van der Waals surface area contributed by atoms with Gasteiger partial charge in [0, 0.05) is 21.5 Å². The molecule has 1 atom stereocenters. The summed E-state index contributed by atoms with van der Waals surface area (Å²) in [6.45, 7) is 6.52. The first-order chi connectivity index (χ1) is 13.5. The summed E-state index contributed by atoms with van der Waals surface area (Å²) in [5, 5.41) is 4.36. The maximum Gasteiger partial charge on any atom is 0.223 e. The molecule has 1 amide bonds. The number of rotatable bonds is 7. The van der Waals surface area contributed by atoms with E-state index in [1.54, 1.807) is 0 Å². The summed E-state index contributed by atoms with van der Waals surface area (Å²) in [5.74, 6) is 0.863. The Morgan fingerprint density at radius 3 is 2.36 bits per heavy atom. The van der Waals surface area contributed by atoms with Crippen LogP contribution in [0.15, 0.2) is 42.5 Å². The molecule has 3 aromatic rings. The number of nitrogens with zero attached hydrogens (tertiary/aromatic N) is 2. The number of benzene rings is 2. The molecule has 0 aliphatic heterocycles. The van der Waals surface area contributed by atoms with Crippen LogP contribution in [-0.2, 0) is 11.3 Å². The van der Waals surface area contributed by atoms with Crippen LogP contribution in [0.1, 0.15) is 51.0 Å². The highest BCUT2D eigenvalue weighted by Crippen LogP contribution is 2.29. The summed E-state index contributed by atoms with van der Waals surface area (Å²) in [6, 6.07) is 13.2. The van der Waals surface area contributed by atoms with Gasteiger partial charge in [0.25, 0.3) is 0 Å². The predicted octanol–water partition coefficient (Wildman–Crippen LogP) is 6.00. The highest BCUT2D eigenvalue weighted by molar-refractivity contribution is 6.36. The van der Waals surface area contributed by atoms with Crippen molar-refractivity contribution in [2.24, 2.45) is 5.92 Å². The number of para-hydroxylation sites is 2. The van der Waals surface area contributed by atoms with E-state index in [0.717, 1.165) is 35.3 Å². The molecule has 0 saturated heterocycles. The van der Waals surface area contributed by atoms with E-state index in [-0.39, 0.29) is 17.9 Å². The van der Waals surface area contributed by atoms with Crippen molar-refractivity contribution < 1.29 is 4.79 Å². The first-order valence-corrected chi connectivity index (χ1v) is 10.4. The summed E-state index contributed by atoms with van der Waals surface area (Å²) in [5.41, 5.74) is 2.70. The summed E-state index contributed by atoms with van der Waals surface area (Å²) >= 11 is 12.8. The maximum absolute atomic E-state index is 12.6. The Morgan fingerprint density at radius 2 is 1.71 bits per heavy atom. The largest absolute Gasteiger partial charge is 0.346 e. The molecule has 0 spiro atoms. The van der Waals surface area contributed by atoms with Gasteiger partial charge >= 0.3 is 0 Å². The molecule has 6 heteroatoms. The Bertz CT molecular complexity index is 959. The van der Waals surface area contributed by atoms with Crippen molar-refractivity contribution >= 4 is 40.1 Å². The number of fused-ring (bicyclic) bond motifs is 1. The average molecular weight is 418 g/mol. The third-order valence-electron chi connectivity index (χ3n) is 5.16. The smallest absolute Gasteiger partial charge is 0.223 e. The van der Waals surface area contributed by atoms with Gasteiger partial charge in [-0.1, -0.05) is 55.2 Å². The second-order valence-electron chi connectivity index (χ2n) is 6.99. The highest BCUT2D eigenvalue weighted by atomic mass is 35.5. The Labute approximate surface area is 175 Å². The number of imidazole rings is 1. The van der Waals surface area contributed by atoms with Gasteiger partial charge in [-0.05, 0) is 44.0 Å². The fourth-order valence-electron chi connectivity index (χ4n) is 3.49. The van der Waals surface area contributed by atoms with Crippen LogP contribution in [-0.4, -0.2) is 15.5 Å². The number of halogens is 2. The lowest BCUT2D eigenvalue weighted by molar-refractivity contribution is -0.125. The number of aromatic nitrogens is 2. The average Bonchev–Trinajstić information content (AvgIpc) is 3.04. The zero-order valence-corrected chi connectivity index (χ0v) is 17.9. The molecule has 1 aromatic heterocycles. The molecule has 2 aromatic carbocycles. The minimum atomic E-state index is -0.234. The maximum atomic E-state index is 12.6. The van der Waals surface area contributed by atoms with Crippen LogP contribution in [0.4, 0.5) is 0 Å². The second-order valence-corrected chi connectivity index (χ2v) is 7.80. The molecule has 0 fully saturated rings. The number of carbonyl (C=O) groups is 1. The normalized spacial score (nSPS) is 12.5. The number of hydrogen-bond acceptors (Lipinski definition) is 2. The van der Waals surface area contributed by atoms with Crippen molar-refractivity contribution in [1.82, 2.24) is 14.9 Å². The van der Waals surface area contributed by atoms with E-state index < -0.39 is 0 Å². The fourth-order valence-corrected chi connectivity index (χ4v) is 4.00. The predicted molar refractivity (Wildman–Crippen MR) is 116 cm³/mol. The van der Waals surface area contributed by atoms with Gasteiger partial charge in [-0.25, -0.2) is 4.98 Å². The monoisotopic (exact) mass is 417 g/mol. The molecule has 148 valence electrons. The summed E-state index contributed by atoms with van der Waals surface area (Å²) in [4.78, 5) is 17.4. The Hall–Kier alpha value is -2.04. The van der Waals surface area contributed by atoms with Crippen LogP contribution < -0.4 is 5.32 Å². The third-order valence-corrected chi connectivity index (χ3v) is 5.87. The molecule has 1 heterocycles. The molecule has 1 N–H and O–H groups in total. The van der Waals surface area contributed by atoms with Crippen LogP contribution in [0, 0.1) is 5.92 Å². The second kappa shape index (κ2) is 8.97. The van der Waals surface area contributed by atoms with Gasteiger partial charge in [0.1, 0.15) is 5.82 Å². The summed E-state index contributed by atoms with van der Waals surface area (Å²) < 4.78 is 2.08. The van der Waals surface area contributed by atoms with Crippen molar-refractivity contribution in [3.05, 3.63) is 63.9 Å². The van der Waals surface area contributed by atoms with E-state index in [1.807, 2.05) is 63.2 Å². The van der Waals surface area contributed by atoms with E-state index in [1.165, 1.54) is 0 Å². The number of nitrogens with one attached hydrogen (secondary N) is 1. The molecule has 28 heavy (non-hydrogen) atoms. The van der Waals surface area contributed by atoms with Gasteiger partial charge < -0.3 is 9.88 Å². The van der Waals surface area contributed by atoms with Crippen LogP contribution in [0.5, 0.6) is 0 Å². The van der Waals surface area contributed by atoms with Crippen LogP contribution in [0.3, 0.4) is 0 Å². The summed E-state index contributed by atoms with van der Waals surface area (Å²) in [6.07, 6.45) is 1.64. The first kappa shape index (κ1) is 20.7. The molecule has 1 unspecified atom stereocenters. The quantitative estimate of drug-likeness (QED) is 0.511. The van der Waals surface area contributed by atoms with Crippen molar-refractivity contribution in [1.29, 1.82) is 0 Å². The molecule has 3 rings (SSSR count). The lowest BCUT2D eigenvalue weighted by Crippen LogP contribution is -2.33. The topological polar surface area (TPSA) is 46.9 Å².